The van der Waals surface area contributed by atoms with Crippen LogP contribution >= 0.6 is 0 Å². The zero-order valence-corrected chi connectivity index (χ0v) is 9.27. The van der Waals surface area contributed by atoms with Crippen LogP contribution < -0.4 is 11.1 Å². The predicted molar refractivity (Wildman–Crippen MR) is 62.8 cm³/mol. The molecule has 1 atom stereocenters. The second kappa shape index (κ2) is 4.01. The lowest BCUT2D eigenvalue weighted by atomic mass is 10.1. The van der Waals surface area contributed by atoms with Crippen molar-refractivity contribution in [2.75, 3.05) is 6.61 Å². The van der Waals surface area contributed by atoms with E-state index < -0.39 is 5.76 Å². The number of aromatic amines is 1. The van der Waals surface area contributed by atoms with Gasteiger partial charge in [-0.15, -0.1) is 0 Å². The van der Waals surface area contributed by atoms with Gasteiger partial charge in [-0.3, -0.25) is 4.98 Å². The molecule has 0 amide bonds. The minimum Gasteiger partial charge on any atom is -0.408 e. The van der Waals surface area contributed by atoms with Crippen molar-refractivity contribution in [3.63, 3.8) is 0 Å². The minimum absolute atomic E-state index is 0.0384. The van der Waals surface area contributed by atoms with Gasteiger partial charge < -0.3 is 14.8 Å². The molecule has 1 aromatic heterocycles. The first-order chi connectivity index (χ1) is 8.26. The lowest BCUT2D eigenvalue weighted by molar-refractivity contribution is 0.243. The zero-order valence-electron chi connectivity index (χ0n) is 9.27. The molecule has 17 heavy (non-hydrogen) atoms. The number of aliphatic hydroxyl groups excluding tert-OH is 1. The number of fused-ring (bicyclic) bond motifs is 1. The van der Waals surface area contributed by atoms with Gasteiger partial charge in [0, 0.05) is 6.04 Å². The van der Waals surface area contributed by atoms with Gasteiger partial charge in [0.25, 0.3) is 0 Å². The quantitative estimate of drug-likeness (QED) is 0.734. The van der Waals surface area contributed by atoms with Crippen molar-refractivity contribution in [3.05, 3.63) is 34.3 Å². The molecular weight excluding hydrogens is 220 g/mol. The Balaban J connectivity index is 1.94. The van der Waals surface area contributed by atoms with E-state index >= 15 is 0 Å². The van der Waals surface area contributed by atoms with Crippen LogP contribution in [-0.4, -0.2) is 22.7 Å². The molecule has 1 fully saturated rings. The van der Waals surface area contributed by atoms with Crippen LogP contribution in [-0.2, 0) is 0 Å². The van der Waals surface area contributed by atoms with Crippen molar-refractivity contribution in [1.29, 1.82) is 0 Å². The number of hydrogen-bond donors (Lipinski definition) is 3. The number of hydrogen-bond acceptors (Lipinski definition) is 4. The molecule has 1 unspecified atom stereocenters. The van der Waals surface area contributed by atoms with Crippen molar-refractivity contribution in [1.82, 2.24) is 10.3 Å². The van der Waals surface area contributed by atoms with Gasteiger partial charge >= 0.3 is 5.76 Å². The van der Waals surface area contributed by atoms with Crippen molar-refractivity contribution >= 4 is 11.1 Å². The van der Waals surface area contributed by atoms with Gasteiger partial charge in [0.1, 0.15) is 0 Å². The number of rotatable bonds is 4. The van der Waals surface area contributed by atoms with E-state index in [1.165, 1.54) is 0 Å². The Hall–Kier alpha value is -1.59. The smallest absolute Gasteiger partial charge is 0.408 e. The molecule has 1 aliphatic carbocycles. The third-order valence-corrected chi connectivity index (χ3v) is 3.04. The number of oxazole rings is 1. The number of aromatic nitrogens is 1. The van der Waals surface area contributed by atoms with E-state index in [1.54, 1.807) is 12.1 Å². The maximum atomic E-state index is 11.0. The first-order valence-electron chi connectivity index (χ1n) is 5.76. The molecule has 1 heterocycles. The Kier molecular flexibility index (Phi) is 2.49. The molecule has 0 spiro atoms. The summed E-state index contributed by atoms with van der Waals surface area (Å²) >= 11 is 0. The number of aliphatic hydroxyl groups is 1. The Morgan fingerprint density at radius 3 is 3.06 bits per heavy atom. The Morgan fingerprint density at radius 2 is 2.35 bits per heavy atom. The topological polar surface area (TPSA) is 78.3 Å². The fourth-order valence-electron chi connectivity index (χ4n) is 1.97. The van der Waals surface area contributed by atoms with E-state index in [9.17, 15) is 9.90 Å². The largest absolute Gasteiger partial charge is 0.417 e. The van der Waals surface area contributed by atoms with Crippen LogP contribution in [0.3, 0.4) is 0 Å². The maximum Gasteiger partial charge on any atom is 0.417 e. The summed E-state index contributed by atoms with van der Waals surface area (Å²) in [5.74, 6) is -0.451. The second-order valence-corrected chi connectivity index (χ2v) is 4.45. The van der Waals surface area contributed by atoms with E-state index in [0.29, 0.717) is 17.1 Å². The van der Waals surface area contributed by atoms with Gasteiger partial charge in [-0.2, -0.15) is 0 Å². The van der Waals surface area contributed by atoms with Gasteiger partial charge in [-0.1, -0.05) is 6.07 Å². The summed E-state index contributed by atoms with van der Waals surface area (Å²) in [6, 6.07) is 5.91. The normalized spacial score (nSPS) is 17.5. The monoisotopic (exact) mass is 234 g/mol. The van der Waals surface area contributed by atoms with Gasteiger partial charge in [0.15, 0.2) is 5.58 Å². The lowest BCUT2D eigenvalue weighted by Gasteiger charge is -2.15. The highest BCUT2D eigenvalue weighted by molar-refractivity contribution is 5.72. The predicted octanol–water partition coefficient (Wildman–Crippen LogP) is 0.906. The Labute approximate surface area is 97.5 Å². The summed E-state index contributed by atoms with van der Waals surface area (Å²) in [6.45, 7) is 0.0384. The molecule has 0 bridgehead atoms. The van der Waals surface area contributed by atoms with Crippen LogP contribution in [0.1, 0.15) is 24.4 Å². The van der Waals surface area contributed by atoms with Crippen LogP contribution in [0.4, 0.5) is 0 Å². The average Bonchev–Trinajstić information content (AvgIpc) is 3.05. The summed E-state index contributed by atoms with van der Waals surface area (Å²) in [4.78, 5) is 13.6. The Bertz CT molecular complexity index is 583. The van der Waals surface area contributed by atoms with Crippen LogP contribution in [0.15, 0.2) is 27.4 Å². The minimum atomic E-state index is -0.451. The number of benzene rings is 1. The molecule has 5 heteroatoms. The zero-order chi connectivity index (χ0) is 11.8. The van der Waals surface area contributed by atoms with Gasteiger partial charge in [0.05, 0.1) is 18.2 Å². The van der Waals surface area contributed by atoms with Crippen LogP contribution in [0.5, 0.6) is 0 Å². The molecule has 90 valence electrons. The molecule has 1 saturated carbocycles. The van der Waals surface area contributed by atoms with E-state index in [-0.39, 0.29) is 12.6 Å². The van der Waals surface area contributed by atoms with Crippen LogP contribution in [0, 0.1) is 0 Å². The van der Waals surface area contributed by atoms with E-state index in [2.05, 4.69) is 10.3 Å². The maximum absolute atomic E-state index is 11.0. The average molecular weight is 234 g/mol. The van der Waals surface area contributed by atoms with Gasteiger partial charge in [0.2, 0.25) is 0 Å². The van der Waals surface area contributed by atoms with E-state index in [0.717, 1.165) is 18.4 Å². The summed E-state index contributed by atoms with van der Waals surface area (Å²) in [7, 11) is 0. The first-order valence-corrected chi connectivity index (χ1v) is 5.76. The molecular formula is C12H14N2O3. The highest BCUT2D eigenvalue weighted by Gasteiger charge is 2.25. The standard InChI is InChI=1S/C12H14N2O3/c15-6-10(13-8-2-3-8)7-1-4-9-11(5-7)17-12(16)14-9/h1,4-5,8,10,13,15H,2-3,6H2,(H,14,16). The summed E-state index contributed by atoms with van der Waals surface area (Å²) in [5, 5.41) is 12.7. The first kappa shape index (κ1) is 10.6. The van der Waals surface area contributed by atoms with Crippen molar-refractivity contribution in [2.24, 2.45) is 0 Å². The molecule has 1 aliphatic rings. The van der Waals surface area contributed by atoms with Gasteiger partial charge in [-0.25, -0.2) is 4.79 Å². The summed E-state index contributed by atoms with van der Waals surface area (Å²) < 4.78 is 5.00. The highest BCUT2D eigenvalue weighted by atomic mass is 16.4. The molecule has 0 saturated heterocycles. The molecule has 0 radical (unpaired) electrons. The van der Waals surface area contributed by atoms with Crippen molar-refractivity contribution in [2.45, 2.75) is 24.9 Å². The second-order valence-electron chi connectivity index (χ2n) is 4.45. The third-order valence-electron chi connectivity index (χ3n) is 3.04. The van der Waals surface area contributed by atoms with Crippen molar-refractivity contribution in [3.8, 4) is 0 Å². The fraction of sp³-hybridized carbons (Fsp3) is 0.417. The fourth-order valence-corrected chi connectivity index (χ4v) is 1.97. The summed E-state index contributed by atoms with van der Waals surface area (Å²) in [6.07, 6.45) is 2.33. The molecule has 0 aliphatic heterocycles. The molecule has 3 N–H and O–H groups in total. The molecule has 1 aromatic carbocycles. The van der Waals surface area contributed by atoms with E-state index in [4.69, 9.17) is 4.42 Å². The van der Waals surface area contributed by atoms with E-state index in [1.807, 2.05) is 6.07 Å². The Morgan fingerprint density at radius 1 is 1.53 bits per heavy atom. The lowest BCUT2D eigenvalue weighted by Crippen LogP contribution is -2.26. The number of nitrogens with one attached hydrogen (secondary N) is 2. The van der Waals surface area contributed by atoms with Gasteiger partial charge in [-0.05, 0) is 30.5 Å². The molecule has 2 aromatic rings. The third kappa shape index (κ3) is 2.11. The molecule has 3 rings (SSSR count). The summed E-state index contributed by atoms with van der Waals surface area (Å²) in [5.41, 5.74) is 2.15. The SMILES string of the molecule is O=c1[nH]c2ccc(C(CO)NC3CC3)cc2o1. The number of H-pyrrole nitrogens is 1. The van der Waals surface area contributed by atoms with Crippen LogP contribution in [0.2, 0.25) is 0 Å². The molecule has 5 nitrogen and oxygen atoms in total. The van der Waals surface area contributed by atoms with Crippen LogP contribution in [0.25, 0.3) is 11.1 Å². The van der Waals surface area contributed by atoms with Crippen molar-refractivity contribution < 1.29 is 9.52 Å². The highest BCUT2D eigenvalue weighted by Crippen LogP contribution is 2.25.